The van der Waals surface area contributed by atoms with Crippen molar-refractivity contribution in [3.05, 3.63) is 35.4 Å². The Morgan fingerprint density at radius 2 is 2.12 bits per heavy atom. The molecule has 1 amide bonds. The van der Waals surface area contributed by atoms with E-state index in [2.05, 4.69) is 5.92 Å². The van der Waals surface area contributed by atoms with E-state index in [1.54, 1.807) is 4.90 Å². The summed E-state index contributed by atoms with van der Waals surface area (Å²) in [6, 6.07) is 7.59. The van der Waals surface area contributed by atoms with E-state index in [0.717, 1.165) is 11.1 Å². The maximum Gasteiger partial charge on any atom is 0.224 e. The Morgan fingerprint density at radius 3 is 2.71 bits per heavy atom. The van der Waals surface area contributed by atoms with Crippen LogP contribution in [-0.4, -0.2) is 22.5 Å². The number of rotatable bonds is 3. The fourth-order valence-electron chi connectivity index (χ4n) is 2.11. The van der Waals surface area contributed by atoms with Crippen molar-refractivity contribution in [2.75, 3.05) is 6.54 Å². The van der Waals surface area contributed by atoms with Gasteiger partial charge in [-0.2, -0.15) is 0 Å². The lowest BCUT2D eigenvalue weighted by atomic mass is 10.1. The van der Waals surface area contributed by atoms with Crippen LogP contribution in [0.4, 0.5) is 0 Å². The number of likely N-dealkylation sites (tertiary alicyclic amines) is 1. The minimum absolute atomic E-state index is 0.00320. The Morgan fingerprint density at radius 1 is 1.41 bits per heavy atom. The highest BCUT2D eigenvalue weighted by Crippen LogP contribution is 2.20. The molecular formula is C14H15NO2. The number of carbonyl (C=O) groups excluding carboxylic acids is 1. The summed E-state index contributed by atoms with van der Waals surface area (Å²) in [6.07, 6.45) is 5.78. The van der Waals surface area contributed by atoms with Gasteiger partial charge in [0.2, 0.25) is 5.91 Å². The van der Waals surface area contributed by atoms with Gasteiger partial charge in [-0.3, -0.25) is 4.79 Å². The van der Waals surface area contributed by atoms with Crippen LogP contribution < -0.4 is 0 Å². The zero-order valence-electron chi connectivity index (χ0n) is 9.60. The Balaban J connectivity index is 2.11. The molecule has 1 heterocycles. The van der Waals surface area contributed by atoms with Crippen molar-refractivity contribution in [3.63, 3.8) is 0 Å². The van der Waals surface area contributed by atoms with E-state index in [4.69, 9.17) is 6.42 Å². The lowest BCUT2D eigenvalue weighted by Crippen LogP contribution is -2.25. The molecule has 1 aliphatic rings. The first-order valence-corrected chi connectivity index (χ1v) is 5.66. The second kappa shape index (κ2) is 5.03. The first kappa shape index (κ1) is 11.7. The summed E-state index contributed by atoms with van der Waals surface area (Å²) in [5, 5.41) is 9.22. The fraction of sp³-hybridized carbons (Fsp3) is 0.357. The molecule has 0 spiro atoms. The summed E-state index contributed by atoms with van der Waals surface area (Å²) in [5.74, 6) is 2.76. The second-order valence-corrected chi connectivity index (χ2v) is 4.27. The highest BCUT2D eigenvalue weighted by molar-refractivity contribution is 5.79. The smallest absolute Gasteiger partial charge is 0.224 e. The lowest BCUT2D eigenvalue weighted by molar-refractivity contribution is -0.128. The van der Waals surface area contributed by atoms with Gasteiger partial charge < -0.3 is 10.0 Å². The number of aliphatic hydroxyl groups is 1. The van der Waals surface area contributed by atoms with Gasteiger partial charge >= 0.3 is 0 Å². The quantitative estimate of drug-likeness (QED) is 0.790. The van der Waals surface area contributed by atoms with Gasteiger partial charge in [0.05, 0.1) is 6.61 Å². The van der Waals surface area contributed by atoms with Crippen LogP contribution in [0.2, 0.25) is 0 Å². The third kappa shape index (κ3) is 2.48. The molecule has 1 N–H and O–H groups in total. The topological polar surface area (TPSA) is 40.5 Å². The molecule has 1 aromatic carbocycles. The van der Waals surface area contributed by atoms with Crippen LogP contribution in [0.1, 0.15) is 17.5 Å². The first-order valence-electron chi connectivity index (χ1n) is 5.66. The summed E-state index contributed by atoms with van der Waals surface area (Å²) in [4.78, 5) is 13.5. The Labute approximate surface area is 101 Å². The van der Waals surface area contributed by atoms with Crippen LogP contribution in [0.15, 0.2) is 24.3 Å². The molecule has 0 radical (unpaired) electrons. The van der Waals surface area contributed by atoms with Crippen LogP contribution in [-0.2, 0) is 17.9 Å². The number of benzene rings is 1. The molecule has 1 unspecified atom stereocenters. The molecular weight excluding hydrogens is 214 g/mol. The molecule has 2 rings (SSSR count). The molecule has 1 aromatic rings. The van der Waals surface area contributed by atoms with E-state index >= 15 is 0 Å². The van der Waals surface area contributed by atoms with Gasteiger partial charge in [-0.15, -0.1) is 12.3 Å². The molecule has 88 valence electrons. The van der Waals surface area contributed by atoms with Crippen LogP contribution >= 0.6 is 0 Å². The Kier molecular flexibility index (Phi) is 3.46. The molecule has 0 saturated carbocycles. The molecule has 3 heteroatoms. The van der Waals surface area contributed by atoms with E-state index < -0.39 is 0 Å². The van der Waals surface area contributed by atoms with Gasteiger partial charge in [0.15, 0.2) is 0 Å². The van der Waals surface area contributed by atoms with Gasteiger partial charge in [0, 0.05) is 25.4 Å². The molecule has 0 aliphatic carbocycles. The molecule has 0 aromatic heterocycles. The number of carbonyl (C=O) groups is 1. The average Bonchev–Trinajstić information content (AvgIpc) is 2.71. The molecule has 1 aliphatic heterocycles. The van der Waals surface area contributed by atoms with E-state index in [-0.39, 0.29) is 18.4 Å². The van der Waals surface area contributed by atoms with Crippen LogP contribution in [0.3, 0.4) is 0 Å². The number of hydrogen-bond donors (Lipinski definition) is 1. The second-order valence-electron chi connectivity index (χ2n) is 4.27. The van der Waals surface area contributed by atoms with Crippen molar-refractivity contribution in [1.82, 2.24) is 4.90 Å². The van der Waals surface area contributed by atoms with Crippen LogP contribution in [0.5, 0.6) is 0 Å². The van der Waals surface area contributed by atoms with Gasteiger partial charge in [-0.1, -0.05) is 24.3 Å². The largest absolute Gasteiger partial charge is 0.392 e. The Bertz CT molecular complexity index is 462. The first-order chi connectivity index (χ1) is 8.24. The molecule has 17 heavy (non-hydrogen) atoms. The standard InChI is InChI=1S/C14H15NO2/c1-2-11-7-14(17)15(8-11)9-12-5-3-4-6-13(12)10-16/h1,3-6,11,16H,7-10H2. The maximum absolute atomic E-state index is 11.7. The monoisotopic (exact) mass is 229 g/mol. The van der Waals surface area contributed by atoms with E-state index in [1.165, 1.54) is 0 Å². The number of amides is 1. The zero-order valence-corrected chi connectivity index (χ0v) is 9.60. The van der Waals surface area contributed by atoms with Crippen molar-refractivity contribution in [2.45, 2.75) is 19.6 Å². The van der Waals surface area contributed by atoms with E-state index in [0.29, 0.717) is 19.5 Å². The van der Waals surface area contributed by atoms with Gasteiger partial charge in [0.1, 0.15) is 0 Å². The van der Waals surface area contributed by atoms with E-state index in [1.807, 2.05) is 24.3 Å². The van der Waals surface area contributed by atoms with Crippen LogP contribution in [0, 0.1) is 18.3 Å². The average molecular weight is 229 g/mol. The number of hydrogen-bond acceptors (Lipinski definition) is 2. The highest BCUT2D eigenvalue weighted by Gasteiger charge is 2.28. The molecule has 1 saturated heterocycles. The van der Waals surface area contributed by atoms with Crippen molar-refractivity contribution in [3.8, 4) is 12.3 Å². The third-order valence-electron chi connectivity index (χ3n) is 3.10. The van der Waals surface area contributed by atoms with E-state index in [9.17, 15) is 9.90 Å². The normalized spacial score (nSPS) is 19.4. The van der Waals surface area contributed by atoms with Crippen molar-refractivity contribution in [2.24, 2.45) is 5.92 Å². The predicted molar refractivity (Wildman–Crippen MR) is 64.7 cm³/mol. The van der Waals surface area contributed by atoms with Gasteiger partial charge in [0.25, 0.3) is 0 Å². The molecule has 1 fully saturated rings. The van der Waals surface area contributed by atoms with Crippen molar-refractivity contribution < 1.29 is 9.90 Å². The number of nitrogens with zero attached hydrogens (tertiary/aromatic N) is 1. The van der Waals surface area contributed by atoms with Gasteiger partial charge in [-0.25, -0.2) is 0 Å². The molecule has 0 bridgehead atoms. The highest BCUT2D eigenvalue weighted by atomic mass is 16.3. The van der Waals surface area contributed by atoms with Crippen LogP contribution in [0.25, 0.3) is 0 Å². The SMILES string of the molecule is C#CC1CC(=O)N(Cc2ccccc2CO)C1. The summed E-state index contributed by atoms with van der Waals surface area (Å²) >= 11 is 0. The fourth-order valence-corrected chi connectivity index (χ4v) is 2.11. The summed E-state index contributed by atoms with van der Waals surface area (Å²) in [5.41, 5.74) is 1.85. The zero-order chi connectivity index (χ0) is 12.3. The number of aliphatic hydroxyl groups excluding tert-OH is 1. The molecule has 3 nitrogen and oxygen atoms in total. The van der Waals surface area contributed by atoms with Crippen molar-refractivity contribution in [1.29, 1.82) is 0 Å². The Hall–Kier alpha value is -1.79. The third-order valence-corrected chi connectivity index (χ3v) is 3.10. The summed E-state index contributed by atoms with van der Waals surface area (Å²) in [7, 11) is 0. The predicted octanol–water partition coefficient (Wildman–Crippen LogP) is 1.16. The van der Waals surface area contributed by atoms with Gasteiger partial charge in [-0.05, 0) is 11.1 Å². The summed E-state index contributed by atoms with van der Waals surface area (Å²) < 4.78 is 0. The van der Waals surface area contributed by atoms with Crippen molar-refractivity contribution >= 4 is 5.91 Å². The number of terminal acetylenes is 1. The minimum atomic E-state index is -0.00320. The summed E-state index contributed by atoms with van der Waals surface area (Å²) in [6.45, 7) is 1.15. The minimum Gasteiger partial charge on any atom is -0.392 e. The maximum atomic E-state index is 11.7. The molecule has 1 atom stereocenters. The lowest BCUT2D eigenvalue weighted by Gasteiger charge is -2.17.